The van der Waals surface area contributed by atoms with E-state index >= 15 is 0 Å². The highest BCUT2D eigenvalue weighted by molar-refractivity contribution is 7.15. The van der Waals surface area contributed by atoms with Crippen LogP contribution < -0.4 is 5.32 Å². The van der Waals surface area contributed by atoms with Crippen LogP contribution >= 0.6 is 11.3 Å². The Bertz CT molecular complexity index is 955. The van der Waals surface area contributed by atoms with E-state index in [0.717, 1.165) is 0 Å². The van der Waals surface area contributed by atoms with E-state index in [1.165, 1.54) is 15.9 Å². The van der Waals surface area contributed by atoms with Gasteiger partial charge in [0.25, 0.3) is 11.9 Å². The van der Waals surface area contributed by atoms with Gasteiger partial charge in [-0.05, 0) is 25.1 Å². The van der Waals surface area contributed by atoms with Gasteiger partial charge < -0.3 is 0 Å². The van der Waals surface area contributed by atoms with E-state index in [9.17, 15) is 31.1 Å². The molecule has 0 atom stereocenters. The second-order valence-electron chi connectivity index (χ2n) is 5.26. The smallest absolute Gasteiger partial charge is 0.289 e. The summed E-state index contributed by atoms with van der Waals surface area (Å²) < 4.78 is 78.4. The van der Waals surface area contributed by atoms with Crippen molar-refractivity contribution in [3.05, 3.63) is 46.0 Å². The number of carbonyl (C=O) groups excluding carboxylic acids is 1. The zero-order chi connectivity index (χ0) is 19.3. The number of hydrogen-bond acceptors (Lipinski definition) is 4. The molecular weight excluding hydrogens is 386 g/mol. The van der Waals surface area contributed by atoms with Gasteiger partial charge in [0, 0.05) is 10.9 Å². The number of rotatable bonds is 2. The van der Waals surface area contributed by atoms with E-state index in [1.54, 1.807) is 12.3 Å². The van der Waals surface area contributed by atoms with Gasteiger partial charge in [0.2, 0.25) is 4.96 Å². The Morgan fingerprint density at radius 1 is 1.08 bits per heavy atom. The quantitative estimate of drug-likeness (QED) is 0.656. The fraction of sp³-hybridized carbons (Fsp3) is 0.214. The Balaban J connectivity index is 1.97. The molecule has 26 heavy (non-hydrogen) atoms. The first kappa shape index (κ1) is 18.2. The molecular formula is C14H8F6N4OS. The SMILES string of the molecule is Cc1csc2nc(NC(=O)c3cc(C(F)(F)F)cc(C(F)(F)F)c3)nn12. The number of aromatic nitrogens is 3. The van der Waals surface area contributed by atoms with Gasteiger partial charge in [-0.1, -0.05) is 0 Å². The van der Waals surface area contributed by atoms with Crippen LogP contribution in [0.25, 0.3) is 4.96 Å². The zero-order valence-corrected chi connectivity index (χ0v) is 13.6. The maximum atomic E-state index is 12.8. The molecule has 1 amide bonds. The molecule has 0 aliphatic rings. The summed E-state index contributed by atoms with van der Waals surface area (Å²) >= 11 is 1.21. The summed E-state index contributed by atoms with van der Waals surface area (Å²) in [5, 5.41) is 7.77. The summed E-state index contributed by atoms with van der Waals surface area (Å²) in [5.74, 6) is -1.41. The van der Waals surface area contributed by atoms with Crippen molar-refractivity contribution in [3.8, 4) is 0 Å². The van der Waals surface area contributed by atoms with Gasteiger partial charge in [0.05, 0.1) is 16.8 Å². The largest absolute Gasteiger partial charge is 0.416 e. The number of halogens is 6. The molecule has 0 aliphatic carbocycles. The highest BCUT2D eigenvalue weighted by atomic mass is 32.1. The maximum absolute atomic E-state index is 12.8. The van der Waals surface area contributed by atoms with Gasteiger partial charge >= 0.3 is 12.4 Å². The summed E-state index contributed by atoms with van der Waals surface area (Å²) in [5.41, 5.74) is -3.25. The maximum Gasteiger partial charge on any atom is 0.416 e. The number of benzene rings is 1. The number of alkyl halides is 6. The van der Waals surface area contributed by atoms with Crippen molar-refractivity contribution < 1.29 is 31.1 Å². The molecule has 3 rings (SSSR count). The van der Waals surface area contributed by atoms with E-state index in [4.69, 9.17) is 0 Å². The van der Waals surface area contributed by atoms with Crippen LogP contribution in [0, 0.1) is 6.92 Å². The Labute approximate surface area is 145 Å². The third-order valence-corrected chi connectivity index (χ3v) is 4.26. The van der Waals surface area contributed by atoms with Crippen LogP contribution in [0.15, 0.2) is 23.6 Å². The fourth-order valence-electron chi connectivity index (χ4n) is 2.10. The zero-order valence-electron chi connectivity index (χ0n) is 12.7. The van der Waals surface area contributed by atoms with Crippen molar-refractivity contribution in [3.63, 3.8) is 0 Å². The highest BCUT2D eigenvalue weighted by Crippen LogP contribution is 2.36. The molecule has 2 heterocycles. The van der Waals surface area contributed by atoms with Crippen LogP contribution in [0.5, 0.6) is 0 Å². The summed E-state index contributed by atoms with van der Waals surface area (Å²) in [7, 11) is 0. The van der Waals surface area contributed by atoms with Gasteiger partial charge in [0.1, 0.15) is 0 Å². The van der Waals surface area contributed by atoms with Crippen molar-refractivity contribution in [1.29, 1.82) is 0 Å². The average molecular weight is 394 g/mol. The molecule has 5 nitrogen and oxygen atoms in total. The minimum atomic E-state index is -5.04. The van der Waals surface area contributed by atoms with E-state index in [0.29, 0.717) is 22.8 Å². The second-order valence-corrected chi connectivity index (χ2v) is 6.09. The molecule has 138 valence electrons. The van der Waals surface area contributed by atoms with Crippen LogP contribution in [0.3, 0.4) is 0 Å². The summed E-state index contributed by atoms with van der Waals surface area (Å²) in [4.78, 5) is 16.5. The monoisotopic (exact) mass is 394 g/mol. The van der Waals surface area contributed by atoms with E-state index in [-0.39, 0.29) is 12.0 Å². The molecule has 2 aromatic heterocycles. The van der Waals surface area contributed by atoms with Crippen molar-refractivity contribution in [2.75, 3.05) is 5.32 Å². The van der Waals surface area contributed by atoms with Crippen molar-refractivity contribution in [2.45, 2.75) is 19.3 Å². The van der Waals surface area contributed by atoms with Crippen LogP contribution in [0.1, 0.15) is 27.2 Å². The number of nitrogens with one attached hydrogen (secondary N) is 1. The number of hydrogen-bond donors (Lipinski definition) is 1. The normalized spacial score (nSPS) is 12.6. The lowest BCUT2D eigenvalue weighted by atomic mass is 10.0. The lowest BCUT2D eigenvalue weighted by Gasteiger charge is -2.13. The minimum absolute atomic E-state index is 0.0506. The standard InChI is InChI=1S/C14H8F6N4OS/c1-6-5-26-12-22-11(23-24(6)12)21-10(25)7-2-8(13(15,16)17)4-9(3-7)14(18,19)20/h2-5H,1H3,(H,21,23,25). The van der Waals surface area contributed by atoms with Gasteiger partial charge in [-0.25, -0.2) is 4.52 Å². The van der Waals surface area contributed by atoms with E-state index in [1.807, 2.05) is 0 Å². The van der Waals surface area contributed by atoms with Gasteiger partial charge in [-0.2, -0.15) is 31.3 Å². The second kappa shape index (κ2) is 5.97. The van der Waals surface area contributed by atoms with Crippen LogP contribution in [-0.4, -0.2) is 20.5 Å². The minimum Gasteiger partial charge on any atom is -0.289 e. The Hall–Kier alpha value is -2.63. The number of carbonyl (C=O) groups is 1. The Morgan fingerprint density at radius 2 is 1.65 bits per heavy atom. The first-order valence-electron chi connectivity index (χ1n) is 6.87. The summed E-state index contributed by atoms with van der Waals surface area (Å²) in [6.07, 6.45) is -10.1. The molecule has 0 saturated heterocycles. The molecule has 0 bridgehead atoms. The third kappa shape index (κ3) is 3.49. The van der Waals surface area contributed by atoms with Gasteiger partial charge in [-0.15, -0.1) is 16.4 Å². The molecule has 0 unspecified atom stereocenters. The lowest BCUT2D eigenvalue weighted by Crippen LogP contribution is -2.17. The molecule has 0 radical (unpaired) electrons. The van der Waals surface area contributed by atoms with Crippen LogP contribution in [-0.2, 0) is 12.4 Å². The molecule has 12 heteroatoms. The summed E-state index contributed by atoms with van der Waals surface area (Å²) in [6, 6.07) is 0.632. The molecule has 0 aliphatic heterocycles. The van der Waals surface area contributed by atoms with Crippen molar-refractivity contribution in [1.82, 2.24) is 14.6 Å². The molecule has 3 aromatic rings. The summed E-state index contributed by atoms with van der Waals surface area (Å²) in [6.45, 7) is 1.71. The highest BCUT2D eigenvalue weighted by Gasteiger charge is 2.37. The number of anilines is 1. The van der Waals surface area contributed by atoms with Crippen molar-refractivity contribution in [2.24, 2.45) is 0 Å². The van der Waals surface area contributed by atoms with E-state index < -0.39 is 35.0 Å². The predicted molar refractivity (Wildman–Crippen MR) is 80.0 cm³/mol. The van der Waals surface area contributed by atoms with Crippen LogP contribution in [0.2, 0.25) is 0 Å². The topological polar surface area (TPSA) is 59.3 Å². The van der Waals surface area contributed by atoms with Crippen molar-refractivity contribution >= 4 is 28.2 Å². The third-order valence-electron chi connectivity index (χ3n) is 3.32. The Kier molecular flexibility index (Phi) is 4.17. The fourth-order valence-corrected chi connectivity index (χ4v) is 2.90. The molecule has 1 N–H and O–H groups in total. The number of nitrogens with zero attached hydrogens (tertiary/aromatic N) is 3. The Morgan fingerprint density at radius 3 is 2.15 bits per heavy atom. The average Bonchev–Trinajstić information content (AvgIpc) is 3.07. The molecule has 0 spiro atoms. The number of amides is 1. The first-order chi connectivity index (χ1) is 11.9. The van der Waals surface area contributed by atoms with E-state index in [2.05, 4.69) is 15.4 Å². The van der Waals surface area contributed by atoms with Gasteiger partial charge in [-0.3, -0.25) is 10.1 Å². The molecule has 1 aromatic carbocycles. The first-order valence-corrected chi connectivity index (χ1v) is 7.75. The number of thiazole rings is 1. The predicted octanol–water partition coefficient (Wildman–Crippen LogP) is 4.39. The van der Waals surface area contributed by atoms with Gasteiger partial charge in [0.15, 0.2) is 0 Å². The van der Waals surface area contributed by atoms with Crippen LogP contribution in [0.4, 0.5) is 32.3 Å². The number of aryl methyl sites for hydroxylation is 1. The molecule has 0 saturated carbocycles. The lowest BCUT2D eigenvalue weighted by molar-refractivity contribution is -0.143. The number of fused-ring (bicyclic) bond motifs is 1. The molecule has 0 fully saturated rings.